The van der Waals surface area contributed by atoms with Crippen molar-refractivity contribution in [1.29, 1.82) is 0 Å². The largest absolute Gasteiger partial charge is 0.377 e. The van der Waals surface area contributed by atoms with E-state index in [2.05, 4.69) is 11.1 Å². The van der Waals surface area contributed by atoms with Gasteiger partial charge in [0.1, 0.15) is 0 Å². The van der Waals surface area contributed by atoms with Crippen LogP contribution in [0.25, 0.3) is 0 Å². The lowest BCUT2D eigenvalue weighted by Crippen LogP contribution is -2.42. The van der Waals surface area contributed by atoms with Crippen molar-refractivity contribution in [3.05, 3.63) is 30.1 Å². The average molecular weight is 274 g/mol. The Bertz CT molecular complexity index is 467. The molecule has 1 aromatic rings. The van der Waals surface area contributed by atoms with Crippen molar-refractivity contribution in [3.8, 4) is 0 Å². The highest BCUT2D eigenvalue weighted by atomic mass is 16.5. The van der Waals surface area contributed by atoms with Crippen molar-refractivity contribution in [2.45, 2.75) is 38.7 Å². The van der Waals surface area contributed by atoms with Gasteiger partial charge < -0.3 is 9.64 Å². The van der Waals surface area contributed by atoms with Crippen LogP contribution < -0.4 is 0 Å². The zero-order valence-electron chi connectivity index (χ0n) is 12.0. The van der Waals surface area contributed by atoms with Crippen LogP contribution in [0.15, 0.2) is 24.5 Å². The number of ether oxygens (including phenoxy) is 1. The Kier molecular flexibility index (Phi) is 3.74. The zero-order chi connectivity index (χ0) is 14.0. The lowest BCUT2D eigenvalue weighted by Gasteiger charge is -2.38. The van der Waals surface area contributed by atoms with Gasteiger partial charge in [-0.15, -0.1) is 0 Å². The zero-order valence-corrected chi connectivity index (χ0v) is 12.0. The van der Waals surface area contributed by atoms with Crippen molar-refractivity contribution in [2.75, 3.05) is 19.7 Å². The summed E-state index contributed by atoms with van der Waals surface area (Å²) in [7, 11) is 0. The molecule has 3 rings (SSSR count). The Morgan fingerprint density at radius 1 is 1.50 bits per heavy atom. The summed E-state index contributed by atoms with van der Waals surface area (Å²) >= 11 is 0. The van der Waals surface area contributed by atoms with Crippen molar-refractivity contribution in [3.63, 3.8) is 0 Å². The van der Waals surface area contributed by atoms with Gasteiger partial charge in [0.15, 0.2) is 0 Å². The lowest BCUT2D eigenvalue weighted by molar-refractivity contribution is -0.131. The first-order chi connectivity index (χ1) is 9.67. The predicted octanol–water partition coefficient (Wildman–Crippen LogP) is 2.04. The number of aromatic nitrogens is 1. The molecule has 0 N–H and O–H groups in total. The monoisotopic (exact) mass is 274 g/mol. The van der Waals surface area contributed by atoms with Crippen LogP contribution in [0.5, 0.6) is 0 Å². The molecule has 1 amide bonds. The third-order valence-corrected chi connectivity index (χ3v) is 4.74. The summed E-state index contributed by atoms with van der Waals surface area (Å²) in [6.45, 7) is 4.29. The van der Waals surface area contributed by atoms with E-state index in [1.165, 1.54) is 5.56 Å². The molecule has 1 spiro atoms. The molecule has 0 saturated carbocycles. The van der Waals surface area contributed by atoms with Gasteiger partial charge in [-0.3, -0.25) is 9.78 Å². The second-order valence-electron chi connectivity index (χ2n) is 6.21. The highest BCUT2D eigenvalue weighted by Crippen LogP contribution is 2.42. The Hall–Kier alpha value is -1.42. The minimum absolute atomic E-state index is 0.200. The van der Waals surface area contributed by atoms with E-state index in [1.807, 2.05) is 17.2 Å². The summed E-state index contributed by atoms with van der Waals surface area (Å²) in [5, 5.41) is 0. The molecule has 1 aromatic heterocycles. The minimum atomic E-state index is 0.200. The number of rotatable bonds is 2. The molecule has 0 bridgehead atoms. The lowest BCUT2D eigenvalue weighted by atomic mass is 9.76. The molecule has 0 radical (unpaired) electrons. The average Bonchev–Trinajstić information content (AvgIpc) is 2.83. The number of hydrogen-bond acceptors (Lipinski definition) is 3. The van der Waals surface area contributed by atoms with E-state index in [9.17, 15) is 4.79 Å². The fraction of sp³-hybridized carbons (Fsp3) is 0.625. The van der Waals surface area contributed by atoms with Crippen molar-refractivity contribution in [2.24, 2.45) is 5.41 Å². The molecule has 2 fully saturated rings. The number of carbonyl (C=O) groups excluding carboxylic acids is 1. The molecule has 2 saturated heterocycles. The fourth-order valence-electron chi connectivity index (χ4n) is 3.45. The second kappa shape index (κ2) is 5.52. The van der Waals surface area contributed by atoms with Gasteiger partial charge in [0.2, 0.25) is 5.91 Å². The molecule has 2 aliphatic heterocycles. The molecule has 108 valence electrons. The number of carbonyl (C=O) groups is 1. The van der Waals surface area contributed by atoms with E-state index in [4.69, 9.17) is 4.74 Å². The number of piperidine rings is 1. The summed E-state index contributed by atoms with van der Waals surface area (Å²) in [4.78, 5) is 17.5. The van der Waals surface area contributed by atoms with Gasteiger partial charge in [-0.1, -0.05) is 6.07 Å². The van der Waals surface area contributed by atoms with E-state index < -0.39 is 0 Å². The Morgan fingerprint density at radius 3 is 2.95 bits per heavy atom. The van der Waals surface area contributed by atoms with Crippen LogP contribution in [0.1, 0.15) is 31.7 Å². The first kappa shape index (κ1) is 13.6. The molecule has 4 nitrogen and oxygen atoms in total. The van der Waals surface area contributed by atoms with Crippen LogP contribution in [0.4, 0.5) is 0 Å². The number of amides is 1. The molecule has 4 heteroatoms. The van der Waals surface area contributed by atoms with E-state index in [0.717, 1.165) is 45.4 Å². The van der Waals surface area contributed by atoms with Gasteiger partial charge in [0.25, 0.3) is 0 Å². The van der Waals surface area contributed by atoms with E-state index >= 15 is 0 Å². The van der Waals surface area contributed by atoms with Crippen molar-refractivity contribution >= 4 is 5.91 Å². The Balaban J connectivity index is 1.56. The fourth-order valence-corrected chi connectivity index (χ4v) is 3.45. The third-order valence-electron chi connectivity index (χ3n) is 4.74. The molecule has 2 aliphatic rings. The maximum absolute atomic E-state index is 11.4. The SMILES string of the molecule is CC(=O)N1CCC2(CC1)CO[C@@H](Cc1cccnc1)C2. The predicted molar refractivity (Wildman–Crippen MR) is 76.2 cm³/mol. The van der Waals surface area contributed by atoms with Crippen LogP contribution >= 0.6 is 0 Å². The smallest absolute Gasteiger partial charge is 0.219 e. The van der Waals surface area contributed by atoms with Crippen LogP contribution in [0, 0.1) is 5.41 Å². The quantitative estimate of drug-likeness (QED) is 0.829. The molecular formula is C16H22N2O2. The normalized spacial score (nSPS) is 25.1. The summed E-state index contributed by atoms with van der Waals surface area (Å²) in [5.41, 5.74) is 1.55. The molecule has 1 atom stereocenters. The second-order valence-corrected chi connectivity index (χ2v) is 6.21. The first-order valence-corrected chi connectivity index (χ1v) is 7.43. The van der Waals surface area contributed by atoms with Gasteiger partial charge >= 0.3 is 0 Å². The Labute approximate surface area is 120 Å². The van der Waals surface area contributed by atoms with E-state index in [1.54, 1.807) is 13.1 Å². The van der Waals surface area contributed by atoms with E-state index in [-0.39, 0.29) is 5.91 Å². The van der Waals surface area contributed by atoms with Gasteiger partial charge in [-0.25, -0.2) is 0 Å². The molecule has 3 heterocycles. The summed E-state index contributed by atoms with van der Waals surface area (Å²) in [6.07, 6.45) is 8.26. The molecule has 0 aliphatic carbocycles. The maximum atomic E-state index is 11.4. The topological polar surface area (TPSA) is 42.4 Å². The summed E-state index contributed by atoms with van der Waals surface area (Å²) in [6, 6.07) is 4.09. The van der Waals surface area contributed by atoms with E-state index in [0.29, 0.717) is 11.5 Å². The number of pyridine rings is 1. The van der Waals surface area contributed by atoms with Gasteiger partial charge in [0.05, 0.1) is 12.7 Å². The van der Waals surface area contributed by atoms with Crippen LogP contribution in [0.3, 0.4) is 0 Å². The Morgan fingerprint density at radius 2 is 2.30 bits per heavy atom. The maximum Gasteiger partial charge on any atom is 0.219 e. The number of nitrogens with zero attached hydrogens (tertiary/aromatic N) is 2. The van der Waals surface area contributed by atoms with Crippen molar-refractivity contribution < 1.29 is 9.53 Å². The molecular weight excluding hydrogens is 252 g/mol. The summed E-state index contributed by atoms with van der Waals surface area (Å²) < 4.78 is 6.01. The van der Waals surface area contributed by atoms with Crippen molar-refractivity contribution in [1.82, 2.24) is 9.88 Å². The standard InChI is InChI=1S/C16H22N2O2/c1-13(19)18-7-4-16(5-8-18)10-15(20-12-16)9-14-3-2-6-17-11-14/h2-3,6,11,15H,4-5,7-10,12H2,1H3/t15-/m0/s1. The third kappa shape index (κ3) is 2.85. The highest BCUT2D eigenvalue weighted by Gasteiger charge is 2.42. The summed E-state index contributed by atoms with van der Waals surface area (Å²) in [5.74, 6) is 0.200. The molecule has 0 aromatic carbocycles. The van der Waals surface area contributed by atoms with Gasteiger partial charge in [0, 0.05) is 38.8 Å². The first-order valence-electron chi connectivity index (χ1n) is 7.43. The highest BCUT2D eigenvalue weighted by molar-refractivity contribution is 5.73. The van der Waals surface area contributed by atoms with Crippen LogP contribution in [0.2, 0.25) is 0 Å². The van der Waals surface area contributed by atoms with Gasteiger partial charge in [-0.2, -0.15) is 0 Å². The van der Waals surface area contributed by atoms with Crippen LogP contribution in [-0.2, 0) is 16.0 Å². The number of hydrogen-bond donors (Lipinski definition) is 0. The number of likely N-dealkylation sites (tertiary alicyclic amines) is 1. The minimum Gasteiger partial charge on any atom is -0.377 e. The van der Waals surface area contributed by atoms with Gasteiger partial charge in [-0.05, 0) is 36.3 Å². The molecule has 0 unspecified atom stereocenters. The van der Waals surface area contributed by atoms with Crippen LogP contribution in [-0.4, -0.2) is 41.6 Å². The molecule has 20 heavy (non-hydrogen) atoms.